The van der Waals surface area contributed by atoms with Gasteiger partial charge >= 0.3 is 0 Å². The van der Waals surface area contributed by atoms with Gasteiger partial charge in [-0.25, -0.2) is 0 Å². The zero-order valence-electron chi connectivity index (χ0n) is 12.1. The maximum absolute atomic E-state index is 11.5. The highest BCUT2D eigenvalue weighted by Crippen LogP contribution is 2.11. The molecule has 0 rings (SSSR count). The van der Waals surface area contributed by atoms with E-state index in [0.29, 0.717) is 19.5 Å². The van der Waals surface area contributed by atoms with Gasteiger partial charge in [-0.3, -0.25) is 9.59 Å². The van der Waals surface area contributed by atoms with Crippen LogP contribution < -0.4 is 16.4 Å². The predicted molar refractivity (Wildman–Crippen MR) is 83.7 cm³/mol. The summed E-state index contributed by atoms with van der Waals surface area (Å²) in [4.78, 5) is 23.1. The third-order valence-electron chi connectivity index (χ3n) is 2.36. The number of thioether (sulfide) groups is 1. The number of nitrogens with two attached hydrogens (primary N) is 1. The van der Waals surface area contributed by atoms with Crippen molar-refractivity contribution in [1.82, 2.24) is 10.6 Å². The lowest BCUT2D eigenvalue weighted by Crippen LogP contribution is -2.45. The molecule has 0 fully saturated rings. The van der Waals surface area contributed by atoms with Gasteiger partial charge in [-0.2, -0.15) is 11.8 Å². The van der Waals surface area contributed by atoms with Gasteiger partial charge in [-0.15, -0.1) is 12.4 Å². The van der Waals surface area contributed by atoms with Crippen LogP contribution in [0.15, 0.2) is 0 Å². The van der Waals surface area contributed by atoms with Crippen molar-refractivity contribution in [2.45, 2.75) is 33.2 Å². The molecule has 0 aliphatic heterocycles. The van der Waals surface area contributed by atoms with Crippen molar-refractivity contribution in [3.8, 4) is 0 Å². The summed E-state index contributed by atoms with van der Waals surface area (Å²) in [7, 11) is 0. The molecule has 0 aliphatic carbocycles. The molecule has 0 aromatic rings. The van der Waals surface area contributed by atoms with Gasteiger partial charge in [0, 0.05) is 18.5 Å². The molecule has 7 heteroatoms. The number of nitrogens with one attached hydrogen (secondary N) is 2. The van der Waals surface area contributed by atoms with E-state index < -0.39 is 11.5 Å². The van der Waals surface area contributed by atoms with Gasteiger partial charge in [-0.1, -0.05) is 20.8 Å². The molecule has 2 amide bonds. The first kappa shape index (κ1) is 20.8. The van der Waals surface area contributed by atoms with E-state index in [1.165, 1.54) is 0 Å². The van der Waals surface area contributed by atoms with Crippen LogP contribution in [0.1, 0.15) is 27.2 Å². The Bertz CT molecular complexity index is 283. The highest BCUT2D eigenvalue weighted by atomic mass is 35.5. The van der Waals surface area contributed by atoms with Crippen molar-refractivity contribution >= 4 is 36.0 Å². The van der Waals surface area contributed by atoms with Crippen LogP contribution in [0.5, 0.6) is 0 Å². The standard InChI is InChI=1S/C12H25N3O2S.ClH/c1-12(2,3)11(17)15-7-6-14-10(16)9(13)5-8-18-4;/h9H,5-8,13H2,1-4H3,(H,14,16)(H,15,17);1H/t9-;/m0./s1. The molecule has 0 aromatic carbocycles. The van der Waals surface area contributed by atoms with Crippen LogP contribution >= 0.6 is 24.2 Å². The fraction of sp³-hybridized carbons (Fsp3) is 0.833. The molecule has 1 atom stereocenters. The smallest absolute Gasteiger partial charge is 0.237 e. The summed E-state index contributed by atoms with van der Waals surface area (Å²) in [5, 5.41) is 5.47. The second-order valence-electron chi connectivity index (χ2n) is 5.18. The van der Waals surface area contributed by atoms with Gasteiger partial charge in [0.1, 0.15) is 0 Å². The Balaban J connectivity index is 0. The Morgan fingerprint density at radius 1 is 1.21 bits per heavy atom. The molecule has 0 bridgehead atoms. The van der Waals surface area contributed by atoms with E-state index in [-0.39, 0.29) is 24.2 Å². The maximum atomic E-state index is 11.5. The number of hydrogen-bond donors (Lipinski definition) is 3. The maximum Gasteiger partial charge on any atom is 0.237 e. The van der Waals surface area contributed by atoms with Crippen molar-refractivity contribution in [2.75, 3.05) is 25.1 Å². The zero-order chi connectivity index (χ0) is 14.2. The topological polar surface area (TPSA) is 84.2 Å². The molecule has 0 spiro atoms. The third kappa shape index (κ3) is 10.0. The Labute approximate surface area is 126 Å². The molecule has 0 unspecified atom stereocenters. The van der Waals surface area contributed by atoms with Gasteiger partial charge in [0.15, 0.2) is 0 Å². The van der Waals surface area contributed by atoms with Crippen LogP contribution in [0, 0.1) is 5.41 Å². The Kier molecular flexibility index (Phi) is 11.3. The highest BCUT2D eigenvalue weighted by Gasteiger charge is 2.20. The largest absolute Gasteiger partial charge is 0.354 e. The summed E-state index contributed by atoms with van der Waals surface area (Å²) in [6.45, 7) is 6.38. The average molecular weight is 312 g/mol. The number of amides is 2. The molecule has 0 aliphatic rings. The van der Waals surface area contributed by atoms with E-state index >= 15 is 0 Å². The summed E-state index contributed by atoms with van der Waals surface area (Å²) >= 11 is 1.67. The second-order valence-corrected chi connectivity index (χ2v) is 6.17. The molecule has 19 heavy (non-hydrogen) atoms. The number of rotatable bonds is 7. The lowest BCUT2D eigenvalue weighted by molar-refractivity contribution is -0.128. The van der Waals surface area contributed by atoms with E-state index in [1.807, 2.05) is 27.0 Å². The number of carbonyl (C=O) groups excluding carboxylic acids is 2. The summed E-state index contributed by atoms with van der Waals surface area (Å²) in [5.41, 5.74) is 5.30. The fourth-order valence-electron chi connectivity index (χ4n) is 1.13. The van der Waals surface area contributed by atoms with Crippen molar-refractivity contribution in [2.24, 2.45) is 11.1 Å². The zero-order valence-corrected chi connectivity index (χ0v) is 13.7. The lowest BCUT2D eigenvalue weighted by atomic mass is 9.96. The van der Waals surface area contributed by atoms with Crippen LogP contribution in [-0.2, 0) is 9.59 Å². The number of hydrogen-bond acceptors (Lipinski definition) is 4. The molecule has 0 saturated carbocycles. The van der Waals surface area contributed by atoms with Gasteiger partial charge in [0.25, 0.3) is 0 Å². The Hall–Kier alpha value is -0.460. The highest BCUT2D eigenvalue weighted by molar-refractivity contribution is 7.98. The minimum atomic E-state index is -0.462. The lowest BCUT2D eigenvalue weighted by Gasteiger charge is -2.18. The summed E-state index contributed by atoms with van der Waals surface area (Å²) in [5.74, 6) is 0.688. The third-order valence-corrected chi connectivity index (χ3v) is 3.00. The SMILES string of the molecule is CSCC[C@H](N)C(=O)NCCNC(=O)C(C)(C)C.Cl. The first-order valence-corrected chi connectivity index (χ1v) is 7.49. The van der Waals surface area contributed by atoms with Crippen molar-refractivity contribution in [3.05, 3.63) is 0 Å². The number of carbonyl (C=O) groups is 2. The van der Waals surface area contributed by atoms with Crippen LogP contribution in [0.2, 0.25) is 0 Å². The van der Waals surface area contributed by atoms with Gasteiger partial charge < -0.3 is 16.4 Å². The minimum Gasteiger partial charge on any atom is -0.354 e. The van der Waals surface area contributed by atoms with Crippen LogP contribution in [0.25, 0.3) is 0 Å². The van der Waals surface area contributed by atoms with E-state index in [2.05, 4.69) is 10.6 Å². The molecule has 4 N–H and O–H groups in total. The molecular weight excluding hydrogens is 286 g/mol. The van der Waals surface area contributed by atoms with E-state index in [9.17, 15) is 9.59 Å². The summed E-state index contributed by atoms with van der Waals surface area (Å²) in [6, 6.07) is -0.462. The van der Waals surface area contributed by atoms with Gasteiger partial charge in [0.05, 0.1) is 6.04 Å². The molecule has 0 radical (unpaired) electrons. The second kappa shape index (κ2) is 10.3. The molecule has 5 nitrogen and oxygen atoms in total. The summed E-state index contributed by atoms with van der Waals surface area (Å²) in [6.07, 6.45) is 2.65. The quantitative estimate of drug-likeness (QED) is 0.606. The van der Waals surface area contributed by atoms with Crippen molar-refractivity contribution < 1.29 is 9.59 Å². The predicted octanol–water partition coefficient (Wildman–Crippen LogP) is 0.767. The summed E-state index contributed by atoms with van der Waals surface area (Å²) < 4.78 is 0. The first-order chi connectivity index (χ1) is 8.29. The molecular formula is C12H26ClN3O2S. The van der Waals surface area contributed by atoms with Crippen LogP contribution in [0.4, 0.5) is 0 Å². The van der Waals surface area contributed by atoms with Crippen LogP contribution in [-0.4, -0.2) is 43.0 Å². The number of halogens is 1. The fourth-order valence-corrected chi connectivity index (χ4v) is 1.62. The molecule has 0 saturated heterocycles. The van der Waals surface area contributed by atoms with Crippen molar-refractivity contribution in [3.63, 3.8) is 0 Å². The monoisotopic (exact) mass is 311 g/mol. The molecule has 0 aromatic heterocycles. The van der Waals surface area contributed by atoms with Gasteiger partial charge in [0.2, 0.25) is 11.8 Å². The van der Waals surface area contributed by atoms with Crippen LogP contribution in [0.3, 0.4) is 0 Å². The molecule has 114 valence electrons. The Morgan fingerprint density at radius 3 is 2.21 bits per heavy atom. The van der Waals surface area contributed by atoms with Crippen molar-refractivity contribution in [1.29, 1.82) is 0 Å². The first-order valence-electron chi connectivity index (χ1n) is 6.09. The van der Waals surface area contributed by atoms with E-state index in [0.717, 1.165) is 5.75 Å². The Morgan fingerprint density at radius 2 is 1.74 bits per heavy atom. The average Bonchev–Trinajstić information content (AvgIpc) is 2.29. The molecule has 0 heterocycles. The normalized spacial score (nSPS) is 12.3. The van der Waals surface area contributed by atoms with Gasteiger partial charge in [-0.05, 0) is 18.4 Å². The minimum absolute atomic E-state index is 0. The van der Waals surface area contributed by atoms with E-state index in [1.54, 1.807) is 11.8 Å². The van der Waals surface area contributed by atoms with E-state index in [4.69, 9.17) is 5.73 Å².